The molecule has 1 heterocycles. The van der Waals surface area contributed by atoms with Gasteiger partial charge in [-0.1, -0.05) is 6.08 Å². The average Bonchev–Trinajstić information content (AvgIpc) is 2.36. The van der Waals surface area contributed by atoms with Crippen LogP contribution in [0.4, 0.5) is 0 Å². The SMILES string of the molecule is C=CCC1CCC(OC(C)=O)O1. The molecule has 0 radical (unpaired) electrons. The van der Waals surface area contributed by atoms with Crippen molar-refractivity contribution in [2.75, 3.05) is 0 Å². The Bertz CT molecular complexity index is 177. The molecular weight excluding hydrogens is 156 g/mol. The van der Waals surface area contributed by atoms with E-state index < -0.39 is 0 Å². The van der Waals surface area contributed by atoms with Gasteiger partial charge in [-0.15, -0.1) is 6.58 Å². The van der Waals surface area contributed by atoms with Crippen molar-refractivity contribution in [1.29, 1.82) is 0 Å². The molecule has 1 saturated heterocycles. The topological polar surface area (TPSA) is 35.5 Å². The van der Waals surface area contributed by atoms with Crippen LogP contribution in [-0.2, 0) is 14.3 Å². The lowest BCUT2D eigenvalue weighted by Gasteiger charge is -2.11. The molecule has 3 heteroatoms. The molecule has 0 N–H and O–H groups in total. The maximum absolute atomic E-state index is 10.5. The zero-order valence-electron chi connectivity index (χ0n) is 7.29. The Balaban J connectivity index is 2.25. The van der Waals surface area contributed by atoms with E-state index in [1.165, 1.54) is 6.92 Å². The minimum Gasteiger partial charge on any atom is -0.436 e. The largest absolute Gasteiger partial charge is 0.436 e. The summed E-state index contributed by atoms with van der Waals surface area (Å²) in [5.41, 5.74) is 0. The summed E-state index contributed by atoms with van der Waals surface area (Å²) in [4.78, 5) is 10.5. The normalized spacial score (nSPS) is 28.4. The summed E-state index contributed by atoms with van der Waals surface area (Å²) in [6.45, 7) is 5.02. The van der Waals surface area contributed by atoms with Gasteiger partial charge in [-0.2, -0.15) is 0 Å². The smallest absolute Gasteiger partial charge is 0.304 e. The standard InChI is InChI=1S/C9H14O3/c1-3-4-8-5-6-9(12-8)11-7(2)10/h3,8-9H,1,4-6H2,2H3. The van der Waals surface area contributed by atoms with Crippen LogP contribution >= 0.6 is 0 Å². The molecule has 0 spiro atoms. The zero-order valence-corrected chi connectivity index (χ0v) is 7.29. The first-order valence-corrected chi connectivity index (χ1v) is 4.16. The summed E-state index contributed by atoms with van der Waals surface area (Å²) in [6.07, 6.45) is 4.26. The molecule has 0 aromatic heterocycles. The molecule has 0 saturated carbocycles. The minimum absolute atomic E-state index is 0.187. The van der Waals surface area contributed by atoms with Crippen LogP contribution in [0.15, 0.2) is 12.7 Å². The Hall–Kier alpha value is -0.830. The summed E-state index contributed by atoms with van der Waals surface area (Å²) >= 11 is 0. The molecular formula is C9H14O3. The van der Waals surface area contributed by atoms with Crippen LogP contribution in [0.2, 0.25) is 0 Å². The van der Waals surface area contributed by atoms with Crippen LogP contribution in [-0.4, -0.2) is 18.4 Å². The summed E-state index contributed by atoms with van der Waals surface area (Å²) in [5.74, 6) is -0.278. The van der Waals surface area contributed by atoms with Gasteiger partial charge >= 0.3 is 5.97 Å². The van der Waals surface area contributed by atoms with E-state index in [-0.39, 0.29) is 18.4 Å². The second-order valence-electron chi connectivity index (χ2n) is 2.90. The van der Waals surface area contributed by atoms with Gasteiger partial charge in [0, 0.05) is 13.3 Å². The average molecular weight is 170 g/mol. The lowest BCUT2D eigenvalue weighted by Crippen LogP contribution is -2.16. The highest BCUT2D eigenvalue weighted by Crippen LogP contribution is 2.22. The first-order chi connectivity index (χ1) is 5.72. The van der Waals surface area contributed by atoms with E-state index in [4.69, 9.17) is 9.47 Å². The van der Waals surface area contributed by atoms with Gasteiger partial charge < -0.3 is 9.47 Å². The molecule has 1 fully saturated rings. The zero-order chi connectivity index (χ0) is 8.97. The first kappa shape index (κ1) is 9.26. The van der Waals surface area contributed by atoms with Gasteiger partial charge in [0.2, 0.25) is 6.29 Å². The molecule has 3 nitrogen and oxygen atoms in total. The van der Waals surface area contributed by atoms with Gasteiger partial charge in [0.15, 0.2) is 0 Å². The molecule has 1 aliphatic heterocycles. The third-order valence-electron chi connectivity index (χ3n) is 1.80. The molecule has 0 aliphatic carbocycles. The van der Waals surface area contributed by atoms with Gasteiger partial charge in [-0.3, -0.25) is 4.79 Å². The number of hydrogen-bond acceptors (Lipinski definition) is 3. The van der Waals surface area contributed by atoms with E-state index in [0.717, 1.165) is 19.3 Å². The quantitative estimate of drug-likeness (QED) is 0.477. The second kappa shape index (κ2) is 4.26. The van der Waals surface area contributed by atoms with Crippen LogP contribution in [0.1, 0.15) is 26.2 Å². The van der Waals surface area contributed by atoms with Crippen molar-refractivity contribution >= 4 is 5.97 Å². The van der Waals surface area contributed by atoms with Crippen molar-refractivity contribution in [3.05, 3.63) is 12.7 Å². The van der Waals surface area contributed by atoms with E-state index in [9.17, 15) is 4.79 Å². The van der Waals surface area contributed by atoms with E-state index in [2.05, 4.69) is 6.58 Å². The van der Waals surface area contributed by atoms with E-state index in [0.29, 0.717) is 0 Å². The van der Waals surface area contributed by atoms with Gasteiger partial charge in [0.25, 0.3) is 0 Å². The Morgan fingerprint density at radius 2 is 2.50 bits per heavy atom. The molecule has 0 aromatic carbocycles. The molecule has 1 aliphatic rings. The van der Waals surface area contributed by atoms with Gasteiger partial charge in [0.05, 0.1) is 6.10 Å². The van der Waals surface area contributed by atoms with Crippen LogP contribution in [0, 0.1) is 0 Å². The van der Waals surface area contributed by atoms with Crippen LogP contribution in [0.25, 0.3) is 0 Å². The number of rotatable bonds is 3. The Morgan fingerprint density at radius 3 is 3.08 bits per heavy atom. The number of hydrogen-bond donors (Lipinski definition) is 0. The summed E-state index contributed by atoms with van der Waals surface area (Å²) in [7, 11) is 0. The maximum atomic E-state index is 10.5. The van der Waals surface area contributed by atoms with E-state index in [1.807, 2.05) is 6.08 Å². The summed E-state index contributed by atoms with van der Waals surface area (Å²) in [5, 5.41) is 0. The summed E-state index contributed by atoms with van der Waals surface area (Å²) in [6, 6.07) is 0. The number of carbonyl (C=O) groups excluding carboxylic acids is 1. The van der Waals surface area contributed by atoms with Crippen molar-refractivity contribution in [3.8, 4) is 0 Å². The van der Waals surface area contributed by atoms with Crippen molar-refractivity contribution < 1.29 is 14.3 Å². The van der Waals surface area contributed by atoms with Gasteiger partial charge in [-0.25, -0.2) is 0 Å². The number of ether oxygens (including phenoxy) is 2. The van der Waals surface area contributed by atoms with Crippen molar-refractivity contribution in [1.82, 2.24) is 0 Å². The molecule has 2 atom stereocenters. The Labute approximate surface area is 72.4 Å². The fourth-order valence-corrected chi connectivity index (χ4v) is 1.30. The van der Waals surface area contributed by atoms with Gasteiger partial charge in [0.1, 0.15) is 0 Å². The van der Waals surface area contributed by atoms with Crippen molar-refractivity contribution in [3.63, 3.8) is 0 Å². The fourth-order valence-electron chi connectivity index (χ4n) is 1.30. The molecule has 0 bridgehead atoms. The highest BCUT2D eigenvalue weighted by atomic mass is 16.7. The lowest BCUT2D eigenvalue weighted by molar-refractivity contribution is -0.172. The molecule has 2 unspecified atom stereocenters. The number of carbonyl (C=O) groups is 1. The molecule has 12 heavy (non-hydrogen) atoms. The monoisotopic (exact) mass is 170 g/mol. The fraction of sp³-hybridized carbons (Fsp3) is 0.667. The molecule has 0 aromatic rings. The first-order valence-electron chi connectivity index (χ1n) is 4.16. The molecule has 1 rings (SSSR count). The number of esters is 1. The highest BCUT2D eigenvalue weighted by Gasteiger charge is 2.25. The minimum atomic E-state index is -0.326. The highest BCUT2D eigenvalue weighted by molar-refractivity contribution is 5.66. The predicted octanol–water partition coefficient (Wildman–Crippen LogP) is 1.63. The van der Waals surface area contributed by atoms with Gasteiger partial charge in [-0.05, 0) is 12.8 Å². The predicted molar refractivity (Wildman–Crippen MR) is 44.5 cm³/mol. The lowest BCUT2D eigenvalue weighted by atomic mass is 10.2. The third kappa shape index (κ3) is 2.66. The molecule has 68 valence electrons. The Morgan fingerprint density at radius 1 is 1.75 bits per heavy atom. The summed E-state index contributed by atoms with van der Waals surface area (Å²) < 4.78 is 10.3. The van der Waals surface area contributed by atoms with Crippen molar-refractivity contribution in [2.24, 2.45) is 0 Å². The van der Waals surface area contributed by atoms with E-state index >= 15 is 0 Å². The van der Waals surface area contributed by atoms with Crippen LogP contribution in [0.5, 0.6) is 0 Å². The Kier molecular flexibility index (Phi) is 3.29. The van der Waals surface area contributed by atoms with Crippen molar-refractivity contribution in [2.45, 2.75) is 38.6 Å². The molecule has 0 amide bonds. The second-order valence-corrected chi connectivity index (χ2v) is 2.90. The van der Waals surface area contributed by atoms with Crippen LogP contribution in [0.3, 0.4) is 0 Å². The van der Waals surface area contributed by atoms with Crippen LogP contribution < -0.4 is 0 Å². The maximum Gasteiger partial charge on any atom is 0.304 e. The third-order valence-corrected chi connectivity index (χ3v) is 1.80. The van der Waals surface area contributed by atoms with E-state index in [1.54, 1.807) is 0 Å².